The van der Waals surface area contributed by atoms with Crippen LogP contribution in [0.15, 0.2) is 34.7 Å². The smallest absolute Gasteiger partial charge is 0.409 e. The minimum absolute atomic E-state index is 0.162. The van der Waals surface area contributed by atoms with Crippen molar-refractivity contribution >= 4 is 23.0 Å². The number of piperazine rings is 1. The van der Waals surface area contributed by atoms with Crippen LogP contribution in [0.5, 0.6) is 0 Å². The molecule has 1 aliphatic carbocycles. The van der Waals surface area contributed by atoms with E-state index >= 15 is 0 Å². The molecule has 31 heavy (non-hydrogen) atoms. The zero-order chi connectivity index (χ0) is 21.4. The quantitative estimate of drug-likeness (QED) is 0.752. The second-order valence-electron chi connectivity index (χ2n) is 9.16. The molecule has 2 saturated heterocycles. The minimum atomic E-state index is -0.269. The fraction of sp³-hybridized carbons (Fsp3) is 0.583. The Balaban J connectivity index is 1.10. The number of furan rings is 1. The third-order valence-electron chi connectivity index (χ3n) is 7.31. The van der Waals surface area contributed by atoms with Gasteiger partial charge in [-0.25, -0.2) is 4.79 Å². The number of hydrogen-bond acceptors (Lipinski definition) is 5. The lowest BCUT2D eigenvalue weighted by Gasteiger charge is -2.36. The average Bonchev–Trinajstić information content (AvgIpc) is 3.33. The Hall–Kier alpha value is -2.54. The molecule has 0 N–H and O–H groups in total. The highest BCUT2D eigenvalue weighted by atomic mass is 16.6. The number of fused-ring (bicyclic) bond motifs is 1. The predicted molar refractivity (Wildman–Crippen MR) is 116 cm³/mol. The van der Waals surface area contributed by atoms with Crippen molar-refractivity contribution in [2.24, 2.45) is 11.3 Å². The van der Waals surface area contributed by atoms with Crippen molar-refractivity contribution in [1.29, 1.82) is 0 Å². The van der Waals surface area contributed by atoms with Crippen molar-refractivity contribution in [1.82, 2.24) is 14.7 Å². The summed E-state index contributed by atoms with van der Waals surface area (Å²) in [5.74, 6) is 1.46. The van der Waals surface area contributed by atoms with E-state index in [0.29, 0.717) is 32.8 Å². The van der Waals surface area contributed by atoms with Gasteiger partial charge in [-0.2, -0.15) is 0 Å². The van der Waals surface area contributed by atoms with Crippen molar-refractivity contribution in [2.75, 3.05) is 45.9 Å². The molecule has 1 aromatic heterocycles. The number of ether oxygens (including phenoxy) is 1. The lowest BCUT2D eigenvalue weighted by molar-refractivity contribution is -0.135. The number of carbonyl (C=O) groups excluding carboxylic acids is 2. The molecule has 166 valence electrons. The molecule has 1 spiro atoms. The van der Waals surface area contributed by atoms with Crippen molar-refractivity contribution in [3.63, 3.8) is 0 Å². The van der Waals surface area contributed by atoms with Gasteiger partial charge in [0.2, 0.25) is 5.91 Å². The van der Waals surface area contributed by atoms with Gasteiger partial charge in [0.05, 0.1) is 13.2 Å². The number of hydrogen-bond donors (Lipinski definition) is 0. The van der Waals surface area contributed by atoms with Crippen LogP contribution in [0.3, 0.4) is 0 Å². The number of carbonyl (C=O) groups is 2. The average molecular weight is 426 g/mol. The Kier molecular flexibility index (Phi) is 5.38. The number of piperidine rings is 1. The fourth-order valence-corrected chi connectivity index (χ4v) is 5.29. The van der Waals surface area contributed by atoms with Crippen LogP contribution in [-0.4, -0.2) is 72.6 Å². The van der Waals surface area contributed by atoms with Gasteiger partial charge in [-0.1, -0.05) is 18.2 Å². The van der Waals surface area contributed by atoms with Gasteiger partial charge >= 0.3 is 6.09 Å². The lowest BCUT2D eigenvalue weighted by Crippen LogP contribution is -2.51. The number of rotatable bonds is 4. The van der Waals surface area contributed by atoms with E-state index in [1.54, 1.807) is 4.90 Å². The number of nitrogens with zero attached hydrogens (tertiary/aromatic N) is 3. The van der Waals surface area contributed by atoms with Gasteiger partial charge < -0.3 is 19.0 Å². The molecule has 2 aliphatic heterocycles. The highest BCUT2D eigenvalue weighted by molar-refractivity contribution is 5.83. The molecule has 3 fully saturated rings. The summed E-state index contributed by atoms with van der Waals surface area (Å²) in [6.07, 6.45) is 2.90. The molecular formula is C24H31N3O4. The molecule has 0 radical (unpaired) electrons. The normalized spacial score (nSPS) is 23.3. The van der Waals surface area contributed by atoms with E-state index in [0.717, 1.165) is 55.6 Å². The Morgan fingerprint density at radius 2 is 1.77 bits per heavy atom. The molecule has 3 heterocycles. The van der Waals surface area contributed by atoms with Crippen LogP contribution in [0, 0.1) is 11.3 Å². The van der Waals surface area contributed by atoms with Gasteiger partial charge in [-0.3, -0.25) is 9.69 Å². The maximum Gasteiger partial charge on any atom is 0.409 e. The van der Waals surface area contributed by atoms with E-state index in [1.807, 2.05) is 30.0 Å². The summed E-state index contributed by atoms with van der Waals surface area (Å²) in [6, 6.07) is 10.3. The maximum atomic E-state index is 13.1. The van der Waals surface area contributed by atoms with Crippen molar-refractivity contribution in [3.8, 4) is 0 Å². The van der Waals surface area contributed by atoms with Crippen LogP contribution >= 0.6 is 0 Å². The van der Waals surface area contributed by atoms with Gasteiger partial charge in [0.15, 0.2) is 0 Å². The summed E-state index contributed by atoms with van der Waals surface area (Å²) >= 11 is 0. The van der Waals surface area contributed by atoms with Crippen LogP contribution < -0.4 is 0 Å². The number of benzene rings is 1. The summed E-state index contributed by atoms with van der Waals surface area (Å²) < 4.78 is 11.0. The van der Waals surface area contributed by atoms with Crippen molar-refractivity contribution in [2.45, 2.75) is 32.7 Å². The first kappa shape index (κ1) is 20.4. The van der Waals surface area contributed by atoms with E-state index in [1.165, 1.54) is 0 Å². The minimum Gasteiger partial charge on any atom is -0.460 e. The first-order valence-corrected chi connectivity index (χ1v) is 11.5. The monoisotopic (exact) mass is 425 g/mol. The van der Waals surface area contributed by atoms with Gasteiger partial charge in [0, 0.05) is 37.5 Å². The Labute approximate surface area is 182 Å². The van der Waals surface area contributed by atoms with E-state index in [4.69, 9.17) is 9.15 Å². The number of amides is 2. The van der Waals surface area contributed by atoms with E-state index in [9.17, 15) is 9.59 Å². The van der Waals surface area contributed by atoms with Crippen molar-refractivity contribution < 1.29 is 18.7 Å². The van der Waals surface area contributed by atoms with E-state index in [2.05, 4.69) is 17.0 Å². The van der Waals surface area contributed by atoms with Crippen LogP contribution in [0.2, 0.25) is 0 Å². The molecule has 1 unspecified atom stereocenters. The molecule has 7 nitrogen and oxygen atoms in total. The summed E-state index contributed by atoms with van der Waals surface area (Å²) in [4.78, 5) is 31.0. The second kappa shape index (κ2) is 8.19. The van der Waals surface area contributed by atoms with Crippen LogP contribution in [0.1, 0.15) is 31.9 Å². The summed E-state index contributed by atoms with van der Waals surface area (Å²) in [5, 5.41) is 1.15. The van der Waals surface area contributed by atoms with Crippen LogP contribution in [0.25, 0.3) is 11.0 Å². The largest absolute Gasteiger partial charge is 0.460 e. The summed E-state index contributed by atoms with van der Waals surface area (Å²) in [5.41, 5.74) is 1.14. The zero-order valence-corrected chi connectivity index (χ0v) is 18.2. The van der Waals surface area contributed by atoms with Crippen molar-refractivity contribution in [3.05, 3.63) is 36.1 Å². The highest BCUT2D eigenvalue weighted by Gasteiger charge is 2.59. The summed E-state index contributed by atoms with van der Waals surface area (Å²) in [6.45, 7) is 7.41. The van der Waals surface area contributed by atoms with Gasteiger partial charge in [-0.05, 0) is 56.8 Å². The number of likely N-dealkylation sites (tertiary alicyclic amines) is 1. The Morgan fingerprint density at radius 1 is 1.06 bits per heavy atom. The summed E-state index contributed by atoms with van der Waals surface area (Å²) in [7, 11) is 0. The topological polar surface area (TPSA) is 66.2 Å². The third kappa shape index (κ3) is 4.03. The van der Waals surface area contributed by atoms with E-state index < -0.39 is 0 Å². The molecule has 1 aromatic carbocycles. The first-order chi connectivity index (χ1) is 15.1. The van der Waals surface area contributed by atoms with Gasteiger partial charge in [0.25, 0.3) is 0 Å². The molecule has 1 saturated carbocycles. The molecule has 2 amide bonds. The fourth-order valence-electron chi connectivity index (χ4n) is 5.29. The molecule has 2 aromatic rings. The van der Waals surface area contributed by atoms with E-state index in [-0.39, 0.29) is 23.3 Å². The first-order valence-electron chi connectivity index (χ1n) is 11.5. The zero-order valence-electron chi connectivity index (χ0n) is 18.2. The Bertz CT molecular complexity index is 922. The molecular weight excluding hydrogens is 394 g/mol. The highest BCUT2D eigenvalue weighted by Crippen LogP contribution is 2.60. The van der Waals surface area contributed by atoms with Gasteiger partial charge in [-0.15, -0.1) is 0 Å². The maximum absolute atomic E-state index is 13.1. The van der Waals surface area contributed by atoms with Gasteiger partial charge in [0.1, 0.15) is 11.3 Å². The second-order valence-corrected chi connectivity index (χ2v) is 9.16. The molecule has 0 bridgehead atoms. The number of para-hydroxylation sites is 1. The SMILES string of the molecule is CCOC(=O)N1CCN(C(=O)C2CC23CCN(Cc2cc4ccccc4o2)CC3)CC1. The van der Waals surface area contributed by atoms with Crippen LogP contribution in [0.4, 0.5) is 4.79 Å². The Morgan fingerprint density at radius 3 is 2.48 bits per heavy atom. The standard InChI is InChI=1S/C24H31N3O4/c1-2-30-23(29)27-13-11-26(12-14-27)22(28)20-16-24(20)7-9-25(10-8-24)17-19-15-18-5-3-4-6-21(18)31-19/h3-6,15,20H,2,7-14,16-17H2,1H3. The molecule has 3 aliphatic rings. The van der Waals surface area contributed by atoms with Crippen LogP contribution in [-0.2, 0) is 16.1 Å². The molecule has 7 heteroatoms. The lowest BCUT2D eigenvalue weighted by atomic mass is 9.90. The molecule has 1 atom stereocenters. The predicted octanol–water partition coefficient (Wildman–Crippen LogP) is 3.34. The third-order valence-corrected chi connectivity index (χ3v) is 7.31. The molecule has 5 rings (SSSR count).